The minimum Gasteiger partial charge on any atom is -0.330 e. The molecular formula is C24H37N3. The highest BCUT2D eigenvalue weighted by molar-refractivity contribution is 5.15. The molecule has 3 nitrogen and oxygen atoms in total. The molecule has 0 aliphatic carbocycles. The Morgan fingerprint density at radius 3 is 1.74 bits per heavy atom. The van der Waals surface area contributed by atoms with Crippen molar-refractivity contribution in [2.24, 2.45) is 5.73 Å². The molecule has 2 rings (SSSR count). The average molecular weight is 368 g/mol. The molecule has 27 heavy (non-hydrogen) atoms. The third-order valence-electron chi connectivity index (χ3n) is 5.01. The lowest BCUT2D eigenvalue weighted by molar-refractivity contribution is 0.427. The first kappa shape index (κ1) is 21.6. The molecule has 2 aromatic carbocycles. The van der Waals surface area contributed by atoms with Crippen molar-refractivity contribution in [2.75, 3.05) is 26.2 Å². The minimum absolute atomic E-state index is 0.605. The quantitative estimate of drug-likeness (QED) is 0.418. The number of nitrogens with one attached hydrogen (secondary N) is 2. The SMILES string of the molecule is NCCCNCCNC(CCCc1ccccc1)CCCc1ccccc1. The van der Waals surface area contributed by atoms with Gasteiger partial charge >= 0.3 is 0 Å². The molecule has 0 amide bonds. The van der Waals surface area contributed by atoms with Crippen molar-refractivity contribution in [1.29, 1.82) is 0 Å². The zero-order valence-corrected chi connectivity index (χ0v) is 16.7. The number of aryl methyl sites for hydroxylation is 2. The van der Waals surface area contributed by atoms with Crippen molar-refractivity contribution in [3.05, 3.63) is 71.8 Å². The van der Waals surface area contributed by atoms with Crippen molar-refractivity contribution in [2.45, 2.75) is 51.0 Å². The molecule has 0 bridgehead atoms. The van der Waals surface area contributed by atoms with Crippen LogP contribution in [0.15, 0.2) is 60.7 Å². The molecule has 0 aliphatic rings. The van der Waals surface area contributed by atoms with Crippen molar-refractivity contribution >= 4 is 0 Å². The molecule has 0 fully saturated rings. The molecule has 0 aromatic heterocycles. The molecule has 0 unspecified atom stereocenters. The van der Waals surface area contributed by atoms with Gasteiger partial charge in [0.2, 0.25) is 0 Å². The van der Waals surface area contributed by atoms with E-state index < -0.39 is 0 Å². The monoisotopic (exact) mass is 367 g/mol. The van der Waals surface area contributed by atoms with E-state index in [4.69, 9.17) is 5.73 Å². The molecule has 0 spiro atoms. The lowest BCUT2D eigenvalue weighted by atomic mass is 9.99. The van der Waals surface area contributed by atoms with Crippen LogP contribution in [0.1, 0.15) is 43.2 Å². The number of hydrogen-bond donors (Lipinski definition) is 3. The fraction of sp³-hybridized carbons (Fsp3) is 0.500. The van der Waals surface area contributed by atoms with E-state index in [9.17, 15) is 0 Å². The Bertz CT molecular complexity index is 525. The van der Waals surface area contributed by atoms with E-state index in [1.54, 1.807) is 0 Å². The van der Waals surface area contributed by atoms with E-state index in [2.05, 4.69) is 71.3 Å². The number of nitrogens with two attached hydrogens (primary N) is 1. The lowest BCUT2D eigenvalue weighted by Crippen LogP contribution is -2.35. The van der Waals surface area contributed by atoms with Crippen LogP contribution >= 0.6 is 0 Å². The van der Waals surface area contributed by atoms with E-state index >= 15 is 0 Å². The number of rotatable bonds is 15. The summed E-state index contributed by atoms with van der Waals surface area (Å²) in [4.78, 5) is 0. The Labute approximate surface area is 165 Å². The highest BCUT2D eigenvalue weighted by Gasteiger charge is 2.08. The molecule has 148 valence electrons. The van der Waals surface area contributed by atoms with Crippen molar-refractivity contribution in [3.63, 3.8) is 0 Å². The molecule has 0 radical (unpaired) electrons. The Morgan fingerprint density at radius 1 is 0.667 bits per heavy atom. The Hall–Kier alpha value is -1.68. The van der Waals surface area contributed by atoms with E-state index in [0.717, 1.165) is 32.6 Å². The molecule has 0 atom stereocenters. The highest BCUT2D eigenvalue weighted by atomic mass is 15.0. The second-order valence-electron chi connectivity index (χ2n) is 7.30. The summed E-state index contributed by atoms with van der Waals surface area (Å²) >= 11 is 0. The maximum absolute atomic E-state index is 5.54. The third kappa shape index (κ3) is 10.3. The van der Waals surface area contributed by atoms with Crippen LogP contribution in [0.4, 0.5) is 0 Å². The summed E-state index contributed by atoms with van der Waals surface area (Å²) in [6.07, 6.45) is 8.37. The highest BCUT2D eigenvalue weighted by Crippen LogP contribution is 2.12. The standard InChI is InChI=1S/C24H37N3/c25-18-9-19-26-20-21-27-24(16-7-14-22-10-3-1-4-11-22)17-8-15-23-12-5-2-6-13-23/h1-6,10-13,24,26-27H,7-9,14-21,25H2. The largest absolute Gasteiger partial charge is 0.330 e. The van der Waals surface area contributed by atoms with Crippen LogP contribution < -0.4 is 16.4 Å². The number of hydrogen-bond acceptors (Lipinski definition) is 3. The summed E-state index contributed by atoms with van der Waals surface area (Å²) in [6.45, 7) is 3.84. The predicted octanol–water partition coefficient (Wildman–Crippen LogP) is 3.93. The first-order chi connectivity index (χ1) is 13.4. The fourth-order valence-corrected chi connectivity index (χ4v) is 3.46. The Morgan fingerprint density at radius 2 is 1.22 bits per heavy atom. The van der Waals surface area contributed by atoms with Gasteiger partial charge in [-0.25, -0.2) is 0 Å². The van der Waals surface area contributed by atoms with Crippen LogP contribution in [-0.2, 0) is 12.8 Å². The summed E-state index contributed by atoms with van der Waals surface area (Å²) in [5, 5.41) is 7.24. The van der Waals surface area contributed by atoms with Gasteiger partial charge < -0.3 is 16.4 Å². The fourth-order valence-electron chi connectivity index (χ4n) is 3.46. The van der Waals surface area contributed by atoms with Crippen LogP contribution in [0.2, 0.25) is 0 Å². The van der Waals surface area contributed by atoms with Gasteiger partial charge in [0.15, 0.2) is 0 Å². The van der Waals surface area contributed by atoms with Gasteiger partial charge in [0.25, 0.3) is 0 Å². The zero-order valence-electron chi connectivity index (χ0n) is 16.7. The van der Waals surface area contributed by atoms with Gasteiger partial charge in [0, 0.05) is 19.1 Å². The summed E-state index contributed by atoms with van der Waals surface area (Å²) in [6, 6.07) is 22.3. The summed E-state index contributed by atoms with van der Waals surface area (Å²) in [5.41, 5.74) is 8.44. The smallest absolute Gasteiger partial charge is 0.00793 e. The van der Waals surface area contributed by atoms with Crippen molar-refractivity contribution in [1.82, 2.24) is 10.6 Å². The normalized spacial score (nSPS) is 11.2. The molecule has 0 saturated heterocycles. The lowest BCUT2D eigenvalue weighted by Gasteiger charge is -2.19. The zero-order chi connectivity index (χ0) is 19.0. The van der Waals surface area contributed by atoms with Gasteiger partial charge in [-0.15, -0.1) is 0 Å². The first-order valence-electron chi connectivity index (χ1n) is 10.6. The molecule has 2 aromatic rings. The molecular weight excluding hydrogens is 330 g/mol. The van der Waals surface area contributed by atoms with Gasteiger partial charge in [0.05, 0.1) is 0 Å². The first-order valence-corrected chi connectivity index (χ1v) is 10.6. The van der Waals surface area contributed by atoms with Crippen LogP contribution in [0.5, 0.6) is 0 Å². The second-order valence-corrected chi connectivity index (χ2v) is 7.30. The second kappa shape index (κ2) is 14.4. The average Bonchev–Trinajstić information content (AvgIpc) is 2.72. The van der Waals surface area contributed by atoms with Crippen LogP contribution in [-0.4, -0.2) is 32.2 Å². The van der Waals surface area contributed by atoms with E-state index in [1.807, 2.05) is 0 Å². The Kier molecular flexibility index (Phi) is 11.5. The summed E-state index contributed by atoms with van der Waals surface area (Å²) in [5.74, 6) is 0. The van der Waals surface area contributed by atoms with Gasteiger partial charge in [-0.05, 0) is 69.2 Å². The van der Waals surface area contributed by atoms with E-state index in [0.29, 0.717) is 6.04 Å². The summed E-state index contributed by atoms with van der Waals surface area (Å²) < 4.78 is 0. The third-order valence-corrected chi connectivity index (χ3v) is 5.01. The van der Waals surface area contributed by atoms with Crippen LogP contribution in [0.3, 0.4) is 0 Å². The molecule has 3 heteroatoms. The minimum atomic E-state index is 0.605. The topological polar surface area (TPSA) is 50.1 Å². The molecule has 0 saturated carbocycles. The Balaban J connectivity index is 1.69. The molecule has 4 N–H and O–H groups in total. The van der Waals surface area contributed by atoms with Gasteiger partial charge in [-0.3, -0.25) is 0 Å². The maximum atomic E-state index is 5.54. The maximum Gasteiger partial charge on any atom is 0.00793 e. The molecule has 0 heterocycles. The van der Waals surface area contributed by atoms with E-state index in [1.165, 1.54) is 49.7 Å². The van der Waals surface area contributed by atoms with E-state index in [-0.39, 0.29) is 0 Å². The van der Waals surface area contributed by atoms with Crippen LogP contribution in [0.25, 0.3) is 0 Å². The predicted molar refractivity (Wildman–Crippen MR) is 117 cm³/mol. The van der Waals surface area contributed by atoms with Gasteiger partial charge in [-0.1, -0.05) is 60.7 Å². The van der Waals surface area contributed by atoms with Crippen molar-refractivity contribution < 1.29 is 0 Å². The van der Waals surface area contributed by atoms with Gasteiger partial charge in [-0.2, -0.15) is 0 Å². The van der Waals surface area contributed by atoms with Crippen molar-refractivity contribution in [3.8, 4) is 0 Å². The molecule has 0 aliphatic heterocycles. The summed E-state index contributed by atoms with van der Waals surface area (Å²) in [7, 11) is 0. The van der Waals surface area contributed by atoms with Gasteiger partial charge in [0.1, 0.15) is 0 Å². The van der Waals surface area contributed by atoms with Crippen LogP contribution in [0, 0.1) is 0 Å². The number of benzene rings is 2.